The van der Waals surface area contributed by atoms with Gasteiger partial charge in [0.05, 0.1) is 6.54 Å². The Morgan fingerprint density at radius 1 is 1.19 bits per heavy atom. The van der Waals surface area contributed by atoms with Crippen molar-refractivity contribution in [3.05, 3.63) is 54.4 Å². The zero-order valence-electron chi connectivity index (χ0n) is 17.2. The highest BCUT2D eigenvalue weighted by Crippen LogP contribution is 2.31. The van der Waals surface area contributed by atoms with Gasteiger partial charge in [-0.3, -0.25) is 14.8 Å². The first-order valence-electron chi connectivity index (χ1n) is 9.80. The normalized spacial score (nSPS) is 16.0. The van der Waals surface area contributed by atoms with Gasteiger partial charge in [-0.2, -0.15) is 0 Å². The van der Waals surface area contributed by atoms with E-state index in [1.807, 2.05) is 31.2 Å². The molecule has 11 heteroatoms. The molecule has 1 atom stereocenters. The van der Waals surface area contributed by atoms with Crippen LogP contribution in [-0.4, -0.2) is 51.4 Å². The van der Waals surface area contributed by atoms with Gasteiger partial charge in [0.1, 0.15) is 4.90 Å². The molecule has 1 aliphatic heterocycles. The number of guanidine groups is 1. The summed E-state index contributed by atoms with van der Waals surface area (Å²) in [5, 5.41) is 9.14. The van der Waals surface area contributed by atoms with Crippen LogP contribution in [0.5, 0.6) is 0 Å². The van der Waals surface area contributed by atoms with Crippen LogP contribution in [0.4, 0.5) is 5.69 Å². The molecule has 0 aliphatic carbocycles. The lowest BCUT2D eigenvalue weighted by Crippen LogP contribution is -2.41. The number of halogens is 1. The summed E-state index contributed by atoms with van der Waals surface area (Å²) >= 11 is 0. The van der Waals surface area contributed by atoms with E-state index in [1.54, 1.807) is 6.07 Å². The second-order valence-electron chi connectivity index (χ2n) is 6.77. The molecule has 0 bridgehead atoms. The minimum atomic E-state index is -3.60. The fourth-order valence-electron chi connectivity index (χ4n) is 3.16. The number of anilines is 1. The Kier molecular flexibility index (Phi) is 9.65. The molecule has 9 nitrogen and oxygen atoms in total. The highest BCUT2D eigenvalue weighted by atomic mass is 127. The van der Waals surface area contributed by atoms with Gasteiger partial charge in [0, 0.05) is 50.1 Å². The quantitative estimate of drug-likeness (QED) is 0.169. The predicted molar refractivity (Wildman–Crippen MR) is 131 cm³/mol. The Morgan fingerprint density at radius 3 is 2.74 bits per heavy atom. The van der Waals surface area contributed by atoms with E-state index in [0.29, 0.717) is 32.0 Å². The third-order valence-electron chi connectivity index (χ3n) is 4.57. The van der Waals surface area contributed by atoms with Crippen LogP contribution in [0, 0.1) is 0 Å². The lowest BCUT2D eigenvalue weighted by molar-refractivity contribution is -0.116. The second-order valence-corrected chi connectivity index (χ2v) is 8.54. The number of hydrogen-bond acceptors (Lipinski definition) is 5. The van der Waals surface area contributed by atoms with E-state index in [4.69, 9.17) is 0 Å². The summed E-state index contributed by atoms with van der Waals surface area (Å²) < 4.78 is 27.0. The molecule has 1 aliphatic rings. The molecule has 2 heterocycles. The molecular weight excluding hydrogens is 531 g/mol. The number of aliphatic imine (C=N–C) groups is 1. The van der Waals surface area contributed by atoms with Gasteiger partial charge in [0.15, 0.2) is 5.96 Å². The largest absolute Gasteiger partial charge is 0.357 e. The van der Waals surface area contributed by atoms with Crippen LogP contribution < -0.4 is 20.7 Å². The number of pyridine rings is 1. The first kappa shape index (κ1) is 25.0. The van der Waals surface area contributed by atoms with Gasteiger partial charge in [-0.1, -0.05) is 18.2 Å². The average Bonchev–Trinajstić information content (AvgIpc) is 2.75. The van der Waals surface area contributed by atoms with E-state index >= 15 is 0 Å². The number of amides is 1. The van der Waals surface area contributed by atoms with E-state index in [1.165, 1.54) is 18.5 Å². The summed E-state index contributed by atoms with van der Waals surface area (Å²) in [7, 11) is -3.60. The summed E-state index contributed by atoms with van der Waals surface area (Å²) in [6, 6.07) is 10.8. The molecule has 0 saturated heterocycles. The molecule has 0 radical (unpaired) electrons. The smallest absolute Gasteiger partial charge is 0.242 e. The van der Waals surface area contributed by atoms with Crippen LogP contribution in [0.15, 0.2) is 58.7 Å². The molecule has 1 unspecified atom stereocenters. The van der Waals surface area contributed by atoms with Crippen molar-refractivity contribution in [3.8, 4) is 0 Å². The fourth-order valence-corrected chi connectivity index (χ4v) is 4.16. The molecule has 1 amide bonds. The third-order valence-corrected chi connectivity index (χ3v) is 6.02. The van der Waals surface area contributed by atoms with Crippen molar-refractivity contribution < 1.29 is 13.2 Å². The van der Waals surface area contributed by atoms with Gasteiger partial charge in [-0.15, -0.1) is 24.0 Å². The Bertz CT molecular complexity index is 1000. The van der Waals surface area contributed by atoms with Gasteiger partial charge in [0.25, 0.3) is 0 Å². The van der Waals surface area contributed by atoms with Gasteiger partial charge >= 0.3 is 0 Å². The number of aromatic nitrogens is 1. The van der Waals surface area contributed by atoms with Gasteiger partial charge in [-0.05, 0) is 30.7 Å². The van der Waals surface area contributed by atoms with E-state index < -0.39 is 10.0 Å². The van der Waals surface area contributed by atoms with Gasteiger partial charge in [0.2, 0.25) is 15.9 Å². The third kappa shape index (κ3) is 7.14. The molecule has 3 rings (SSSR count). The maximum atomic E-state index is 12.2. The molecule has 168 valence electrons. The van der Waals surface area contributed by atoms with E-state index in [2.05, 4.69) is 30.6 Å². The van der Waals surface area contributed by atoms with E-state index in [9.17, 15) is 13.2 Å². The SMILES string of the molecule is CCNC(=NCC1CC(=O)Nc2ccccc21)NCCNS(=O)(=O)c1cccnc1.I. The summed E-state index contributed by atoms with van der Waals surface area (Å²) in [6.07, 6.45) is 3.21. The van der Waals surface area contributed by atoms with Crippen molar-refractivity contribution in [1.29, 1.82) is 0 Å². The molecule has 0 saturated carbocycles. The molecule has 4 N–H and O–H groups in total. The van der Waals surface area contributed by atoms with Crippen molar-refractivity contribution in [2.45, 2.75) is 24.2 Å². The Balaban J connectivity index is 0.00000341. The van der Waals surface area contributed by atoms with Gasteiger partial charge < -0.3 is 16.0 Å². The summed E-state index contributed by atoms with van der Waals surface area (Å²) in [5.41, 5.74) is 1.90. The Hall–Kier alpha value is -2.25. The van der Waals surface area contributed by atoms with E-state index in [-0.39, 0.29) is 47.2 Å². The lowest BCUT2D eigenvalue weighted by atomic mass is 9.91. The predicted octanol–water partition coefficient (Wildman–Crippen LogP) is 1.66. The second kappa shape index (κ2) is 12.0. The first-order chi connectivity index (χ1) is 14.5. The topological polar surface area (TPSA) is 125 Å². The number of carbonyl (C=O) groups excluding carboxylic acids is 1. The van der Waals surface area contributed by atoms with Crippen molar-refractivity contribution in [1.82, 2.24) is 20.3 Å². The van der Waals surface area contributed by atoms with Crippen LogP contribution >= 0.6 is 24.0 Å². The monoisotopic (exact) mass is 558 g/mol. The standard InChI is InChI=1S/C20H26N6O3S.HI/c1-2-22-20(23-10-11-25-30(28,29)16-6-5-9-21-14-16)24-13-15-12-19(27)26-18-8-4-3-7-17(15)18;/h3-9,14-15,25H,2,10-13H2,1H3,(H,26,27)(H2,22,23,24);1H. The number of benzene rings is 1. The molecule has 1 aromatic carbocycles. The lowest BCUT2D eigenvalue weighted by Gasteiger charge is -2.24. The van der Waals surface area contributed by atoms with Crippen molar-refractivity contribution in [2.75, 3.05) is 31.5 Å². The molecule has 0 fully saturated rings. The first-order valence-corrected chi connectivity index (χ1v) is 11.3. The van der Waals surface area contributed by atoms with Crippen LogP contribution in [0.3, 0.4) is 0 Å². The summed E-state index contributed by atoms with van der Waals surface area (Å²) in [5.74, 6) is 0.549. The maximum absolute atomic E-state index is 12.2. The number of para-hydroxylation sites is 1. The molecular formula is C20H27IN6O3S. The maximum Gasteiger partial charge on any atom is 0.242 e. The highest BCUT2D eigenvalue weighted by Gasteiger charge is 2.24. The van der Waals surface area contributed by atoms with Crippen LogP contribution in [0.2, 0.25) is 0 Å². The zero-order chi connectivity index (χ0) is 21.4. The summed E-state index contributed by atoms with van der Waals surface area (Å²) in [6.45, 7) is 3.60. The van der Waals surface area contributed by atoms with Crippen molar-refractivity contribution >= 4 is 51.6 Å². The molecule has 1 aromatic heterocycles. The van der Waals surface area contributed by atoms with Crippen LogP contribution in [0.25, 0.3) is 0 Å². The Labute approximate surface area is 199 Å². The number of carbonyl (C=O) groups is 1. The number of sulfonamides is 1. The number of rotatable bonds is 8. The van der Waals surface area contributed by atoms with Crippen molar-refractivity contribution in [3.63, 3.8) is 0 Å². The number of nitrogens with one attached hydrogen (secondary N) is 4. The zero-order valence-corrected chi connectivity index (χ0v) is 20.3. The van der Waals surface area contributed by atoms with Crippen molar-refractivity contribution in [2.24, 2.45) is 4.99 Å². The molecule has 2 aromatic rings. The minimum absolute atomic E-state index is 0. The molecule has 0 spiro atoms. The Morgan fingerprint density at radius 2 is 2.00 bits per heavy atom. The molecule has 31 heavy (non-hydrogen) atoms. The average molecular weight is 558 g/mol. The highest BCUT2D eigenvalue weighted by molar-refractivity contribution is 14.0. The summed E-state index contributed by atoms with van der Waals surface area (Å²) in [4.78, 5) is 20.5. The van der Waals surface area contributed by atoms with Crippen LogP contribution in [-0.2, 0) is 14.8 Å². The van der Waals surface area contributed by atoms with Crippen LogP contribution in [0.1, 0.15) is 24.8 Å². The van der Waals surface area contributed by atoms with E-state index in [0.717, 1.165) is 11.3 Å². The minimum Gasteiger partial charge on any atom is -0.357 e. The number of fused-ring (bicyclic) bond motifs is 1. The number of nitrogens with zero attached hydrogens (tertiary/aromatic N) is 2. The fraction of sp³-hybridized carbons (Fsp3) is 0.350. The van der Waals surface area contributed by atoms with Gasteiger partial charge in [-0.25, -0.2) is 13.1 Å². The number of hydrogen-bond donors (Lipinski definition) is 4.